The number of morpholine rings is 1. The first kappa shape index (κ1) is 16.9. The first-order chi connectivity index (χ1) is 12.6. The van der Waals surface area contributed by atoms with Crippen molar-refractivity contribution < 1.29 is 19.2 Å². The molecule has 1 aromatic heterocycles. The van der Waals surface area contributed by atoms with Gasteiger partial charge in [-0.1, -0.05) is 11.3 Å². The second kappa shape index (κ2) is 6.98. The predicted molar refractivity (Wildman–Crippen MR) is 94.4 cm³/mol. The largest absolute Gasteiger partial charge is 0.487 e. The van der Waals surface area contributed by atoms with Gasteiger partial charge in [-0.25, -0.2) is 4.98 Å². The van der Waals surface area contributed by atoms with Crippen LogP contribution in [0.2, 0.25) is 0 Å². The number of nitrogens with zero attached hydrogens (tertiary/aromatic N) is 3. The van der Waals surface area contributed by atoms with Crippen LogP contribution in [-0.4, -0.2) is 53.6 Å². The number of hydrogen-bond donors (Lipinski definition) is 1. The molecule has 2 aliphatic heterocycles. The minimum atomic E-state index is -0.452. The van der Waals surface area contributed by atoms with E-state index in [1.165, 1.54) is 23.5 Å². The summed E-state index contributed by atoms with van der Waals surface area (Å²) in [5.74, 6) is 0.415. The Morgan fingerprint density at radius 2 is 2.19 bits per heavy atom. The summed E-state index contributed by atoms with van der Waals surface area (Å²) in [5.41, 5.74) is 1.18. The van der Waals surface area contributed by atoms with Gasteiger partial charge in [-0.3, -0.25) is 19.8 Å². The highest BCUT2D eigenvalue weighted by Crippen LogP contribution is 2.42. The monoisotopic (exact) mass is 376 g/mol. The molecule has 0 atom stereocenters. The van der Waals surface area contributed by atoms with Gasteiger partial charge < -0.3 is 14.8 Å². The number of nitrogens with one attached hydrogen (secondary N) is 1. The molecular formula is C16H16N4O5S. The van der Waals surface area contributed by atoms with Crippen molar-refractivity contribution in [3.8, 4) is 17.0 Å². The second-order valence-electron chi connectivity index (χ2n) is 5.95. The molecule has 1 aromatic carbocycles. The van der Waals surface area contributed by atoms with Crippen molar-refractivity contribution in [2.75, 3.05) is 38.2 Å². The summed E-state index contributed by atoms with van der Waals surface area (Å²) in [6.45, 7) is 3.33. The SMILES string of the molecule is O=C(CN1CCOCC1)Nc1nc2c(s1)COc1ccc([N+](=O)[O-])cc1-2. The van der Waals surface area contributed by atoms with Crippen LogP contribution in [0.15, 0.2) is 18.2 Å². The molecule has 3 heterocycles. The Labute approximate surface area is 152 Å². The summed E-state index contributed by atoms with van der Waals surface area (Å²) in [4.78, 5) is 30.1. The Balaban J connectivity index is 1.52. The lowest BCUT2D eigenvalue weighted by Crippen LogP contribution is -2.41. The fourth-order valence-corrected chi connectivity index (χ4v) is 3.83. The fourth-order valence-electron chi connectivity index (χ4n) is 2.92. The molecule has 0 aliphatic carbocycles. The maximum atomic E-state index is 12.2. The highest BCUT2D eigenvalue weighted by Gasteiger charge is 2.25. The minimum absolute atomic E-state index is 0.0221. The van der Waals surface area contributed by atoms with Gasteiger partial charge in [-0.2, -0.15) is 0 Å². The molecule has 10 heteroatoms. The Hall–Kier alpha value is -2.56. The number of carbonyl (C=O) groups excluding carboxylic acids is 1. The molecule has 2 aromatic rings. The summed E-state index contributed by atoms with van der Waals surface area (Å²) in [6, 6.07) is 4.43. The average Bonchev–Trinajstić information content (AvgIpc) is 3.04. The molecule has 2 aliphatic rings. The van der Waals surface area contributed by atoms with Gasteiger partial charge in [0, 0.05) is 25.2 Å². The Morgan fingerprint density at radius 3 is 2.96 bits per heavy atom. The molecule has 0 radical (unpaired) electrons. The number of rotatable bonds is 4. The van der Waals surface area contributed by atoms with Crippen molar-refractivity contribution >= 4 is 28.1 Å². The smallest absolute Gasteiger partial charge is 0.270 e. The lowest BCUT2D eigenvalue weighted by atomic mass is 10.1. The molecule has 0 bridgehead atoms. The van der Waals surface area contributed by atoms with Crippen LogP contribution in [-0.2, 0) is 16.1 Å². The van der Waals surface area contributed by atoms with E-state index in [4.69, 9.17) is 9.47 Å². The number of ether oxygens (including phenoxy) is 2. The van der Waals surface area contributed by atoms with Gasteiger partial charge >= 0.3 is 0 Å². The van der Waals surface area contributed by atoms with E-state index in [9.17, 15) is 14.9 Å². The van der Waals surface area contributed by atoms with Gasteiger partial charge in [0.05, 0.1) is 40.8 Å². The molecular weight excluding hydrogens is 360 g/mol. The molecule has 1 N–H and O–H groups in total. The van der Waals surface area contributed by atoms with E-state index < -0.39 is 4.92 Å². The molecule has 4 rings (SSSR count). The van der Waals surface area contributed by atoms with E-state index in [1.54, 1.807) is 6.07 Å². The Morgan fingerprint density at radius 1 is 1.38 bits per heavy atom. The van der Waals surface area contributed by atoms with Crippen molar-refractivity contribution in [1.29, 1.82) is 0 Å². The van der Waals surface area contributed by atoms with Crippen LogP contribution in [0.5, 0.6) is 5.75 Å². The molecule has 1 amide bonds. The zero-order valence-corrected chi connectivity index (χ0v) is 14.6. The van der Waals surface area contributed by atoms with Gasteiger partial charge in [0.2, 0.25) is 5.91 Å². The predicted octanol–water partition coefficient (Wildman–Crippen LogP) is 1.88. The van der Waals surface area contributed by atoms with E-state index in [0.717, 1.165) is 18.0 Å². The molecule has 0 unspecified atom stereocenters. The normalized spacial score (nSPS) is 16.3. The van der Waals surface area contributed by atoms with Crippen molar-refractivity contribution in [2.24, 2.45) is 0 Å². The lowest BCUT2D eigenvalue weighted by molar-refractivity contribution is -0.384. The van der Waals surface area contributed by atoms with Crippen molar-refractivity contribution in [3.63, 3.8) is 0 Å². The second-order valence-corrected chi connectivity index (χ2v) is 7.04. The van der Waals surface area contributed by atoms with E-state index in [2.05, 4.69) is 10.3 Å². The number of carbonyl (C=O) groups is 1. The lowest BCUT2D eigenvalue weighted by Gasteiger charge is -2.25. The number of nitro benzene ring substituents is 1. The average molecular weight is 376 g/mol. The quantitative estimate of drug-likeness (QED) is 0.641. The van der Waals surface area contributed by atoms with Crippen LogP contribution < -0.4 is 10.1 Å². The number of non-ortho nitro benzene ring substituents is 1. The van der Waals surface area contributed by atoms with Gasteiger partial charge in [0.15, 0.2) is 5.13 Å². The highest BCUT2D eigenvalue weighted by molar-refractivity contribution is 7.16. The van der Waals surface area contributed by atoms with Gasteiger partial charge in [-0.15, -0.1) is 0 Å². The Bertz CT molecular complexity index is 862. The fraction of sp³-hybridized carbons (Fsp3) is 0.375. The van der Waals surface area contributed by atoms with Crippen LogP contribution in [0.1, 0.15) is 4.88 Å². The van der Waals surface area contributed by atoms with E-state index in [1.807, 2.05) is 4.90 Å². The number of benzene rings is 1. The third-order valence-corrected chi connectivity index (χ3v) is 5.15. The van der Waals surface area contributed by atoms with Crippen LogP contribution >= 0.6 is 11.3 Å². The topological polar surface area (TPSA) is 107 Å². The molecule has 9 nitrogen and oxygen atoms in total. The van der Waals surface area contributed by atoms with Crippen LogP contribution in [0, 0.1) is 10.1 Å². The van der Waals surface area contributed by atoms with Crippen LogP contribution in [0.3, 0.4) is 0 Å². The van der Waals surface area contributed by atoms with Crippen molar-refractivity contribution in [2.45, 2.75) is 6.61 Å². The molecule has 1 fully saturated rings. The van der Waals surface area contributed by atoms with Crippen molar-refractivity contribution in [1.82, 2.24) is 9.88 Å². The third-order valence-electron chi connectivity index (χ3n) is 4.20. The molecule has 136 valence electrons. The number of amides is 1. The zero-order valence-electron chi connectivity index (χ0n) is 13.8. The molecule has 0 saturated carbocycles. The molecule has 1 saturated heterocycles. The number of thiazole rings is 1. The number of hydrogen-bond acceptors (Lipinski definition) is 8. The Kier molecular flexibility index (Phi) is 4.53. The molecule has 0 spiro atoms. The molecule has 26 heavy (non-hydrogen) atoms. The summed E-state index contributed by atoms with van der Waals surface area (Å²) in [5, 5.41) is 14.3. The zero-order chi connectivity index (χ0) is 18.1. The first-order valence-corrected chi connectivity index (χ1v) is 8.93. The highest BCUT2D eigenvalue weighted by atomic mass is 32.1. The number of aromatic nitrogens is 1. The van der Waals surface area contributed by atoms with E-state index in [-0.39, 0.29) is 18.1 Å². The van der Waals surface area contributed by atoms with Crippen LogP contribution in [0.4, 0.5) is 10.8 Å². The van der Waals surface area contributed by atoms with E-state index >= 15 is 0 Å². The number of fused-ring (bicyclic) bond motifs is 3. The van der Waals surface area contributed by atoms with Crippen molar-refractivity contribution in [3.05, 3.63) is 33.2 Å². The third kappa shape index (κ3) is 3.39. The van der Waals surface area contributed by atoms with E-state index in [0.29, 0.717) is 42.0 Å². The van der Waals surface area contributed by atoms with Gasteiger partial charge in [-0.05, 0) is 6.07 Å². The summed E-state index contributed by atoms with van der Waals surface area (Å²) in [7, 11) is 0. The van der Waals surface area contributed by atoms with Gasteiger partial charge in [0.1, 0.15) is 12.4 Å². The first-order valence-electron chi connectivity index (χ1n) is 8.11. The summed E-state index contributed by atoms with van der Waals surface area (Å²) in [6.07, 6.45) is 0. The standard InChI is InChI=1S/C16H16N4O5S/c21-14(8-19-3-5-24-6-4-19)17-16-18-15-11-7-10(20(22)23)1-2-12(11)25-9-13(15)26-16/h1-2,7H,3-6,8-9H2,(H,17,18,21). The number of anilines is 1. The van der Waals surface area contributed by atoms with Gasteiger partial charge in [0.25, 0.3) is 5.69 Å². The maximum Gasteiger partial charge on any atom is 0.270 e. The minimum Gasteiger partial charge on any atom is -0.487 e. The summed E-state index contributed by atoms with van der Waals surface area (Å²) >= 11 is 1.32. The summed E-state index contributed by atoms with van der Waals surface area (Å²) < 4.78 is 10.9. The number of nitro groups is 1. The maximum absolute atomic E-state index is 12.2. The van der Waals surface area contributed by atoms with Crippen LogP contribution in [0.25, 0.3) is 11.3 Å².